The van der Waals surface area contributed by atoms with Gasteiger partial charge in [-0.3, -0.25) is 0 Å². The Morgan fingerprint density at radius 3 is 2.30 bits per heavy atom. The summed E-state index contributed by atoms with van der Waals surface area (Å²) in [6, 6.07) is 17.2. The third-order valence-electron chi connectivity index (χ3n) is 5.40. The van der Waals surface area contributed by atoms with E-state index < -0.39 is 5.60 Å². The van der Waals surface area contributed by atoms with Crippen LogP contribution in [-0.4, -0.2) is 9.97 Å². The van der Waals surface area contributed by atoms with Gasteiger partial charge in [0.25, 0.3) is 0 Å². The molecule has 0 amide bonds. The lowest BCUT2D eigenvalue weighted by molar-refractivity contribution is 0.101. The van der Waals surface area contributed by atoms with Gasteiger partial charge in [-0.05, 0) is 88.2 Å². The molecule has 3 nitrogen and oxygen atoms in total. The second-order valence-electron chi connectivity index (χ2n) is 8.08. The van der Waals surface area contributed by atoms with Gasteiger partial charge in [0.2, 0.25) is 0 Å². The topological polar surface area (TPSA) is 37.9 Å². The Bertz CT molecular complexity index is 1440. The molecule has 0 saturated carbocycles. The van der Waals surface area contributed by atoms with Crippen molar-refractivity contribution < 1.29 is 4.74 Å². The van der Waals surface area contributed by atoms with Crippen LogP contribution in [0.2, 0.25) is 10.0 Å². The fourth-order valence-corrected chi connectivity index (χ4v) is 5.67. The highest BCUT2D eigenvalue weighted by molar-refractivity contribution is 9.11. The molecule has 1 N–H and O–H groups in total. The van der Waals surface area contributed by atoms with Gasteiger partial charge < -0.3 is 9.72 Å². The van der Waals surface area contributed by atoms with Gasteiger partial charge in [0.05, 0.1) is 27.0 Å². The van der Waals surface area contributed by atoms with Gasteiger partial charge in [0.15, 0.2) is 0 Å². The number of rotatable bonds is 1. The van der Waals surface area contributed by atoms with E-state index in [1.807, 2.05) is 50.2 Å². The highest BCUT2D eigenvalue weighted by atomic mass is 79.9. The number of hydrogen-bond acceptors (Lipinski definition) is 2. The molecule has 164 valence electrons. The average molecular weight is 603 g/mol. The van der Waals surface area contributed by atoms with E-state index in [4.69, 9.17) is 32.9 Å². The van der Waals surface area contributed by atoms with E-state index in [2.05, 4.69) is 48.7 Å². The molecule has 0 unspecified atom stereocenters. The van der Waals surface area contributed by atoms with Crippen LogP contribution in [0.4, 0.5) is 0 Å². The molecular weight excluding hydrogens is 587 g/mol. The van der Waals surface area contributed by atoms with Crippen LogP contribution in [0.15, 0.2) is 63.5 Å². The monoisotopic (exact) mass is 600 g/mol. The van der Waals surface area contributed by atoms with Crippen LogP contribution in [-0.2, 0) is 5.60 Å². The molecule has 4 aromatic rings. The molecule has 1 aromatic heterocycles. The van der Waals surface area contributed by atoms with Crippen LogP contribution < -0.4 is 4.74 Å². The molecule has 0 atom stereocenters. The number of hydrogen-bond donors (Lipinski definition) is 1. The van der Waals surface area contributed by atoms with Gasteiger partial charge in [-0.2, -0.15) is 0 Å². The number of imidazole rings is 1. The Morgan fingerprint density at radius 1 is 0.939 bits per heavy atom. The molecule has 0 bridgehead atoms. The van der Waals surface area contributed by atoms with Crippen molar-refractivity contribution in [2.24, 2.45) is 0 Å². The molecule has 1 aliphatic rings. The largest absolute Gasteiger partial charge is 0.481 e. The minimum absolute atomic E-state index is 0.525. The van der Waals surface area contributed by atoms with E-state index in [1.165, 1.54) is 0 Å². The Hall–Kier alpha value is -2.23. The first-order chi connectivity index (χ1) is 15.7. The molecule has 0 spiro atoms. The average Bonchev–Trinajstić information content (AvgIpc) is 3.19. The van der Waals surface area contributed by atoms with Gasteiger partial charge in [-0.25, -0.2) is 4.98 Å². The molecule has 0 fully saturated rings. The Kier molecular flexibility index (Phi) is 5.83. The highest BCUT2D eigenvalue weighted by Gasteiger charge is 2.36. The van der Waals surface area contributed by atoms with Crippen molar-refractivity contribution in [3.63, 3.8) is 0 Å². The van der Waals surface area contributed by atoms with E-state index in [1.54, 1.807) is 18.2 Å². The summed E-state index contributed by atoms with van der Waals surface area (Å²) in [4.78, 5) is 8.44. The maximum absolute atomic E-state index is 6.38. The minimum atomic E-state index is -0.598. The number of H-pyrrole nitrogens is 1. The van der Waals surface area contributed by atoms with Gasteiger partial charge in [0, 0.05) is 25.6 Å². The fourth-order valence-electron chi connectivity index (χ4n) is 3.80. The summed E-state index contributed by atoms with van der Waals surface area (Å²) in [5.41, 5.74) is 4.48. The molecule has 0 aliphatic carbocycles. The maximum Gasteiger partial charge on any atom is 0.145 e. The van der Waals surface area contributed by atoms with E-state index in [0.29, 0.717) is 15.6 Å². The molecule has 1 aliphatic heterocycles. The van der Waals surface area contributed by atoms with Crippen molar-refractivity contribution in [1.29, 1.82) is 0 Å². The first-order valence-electron chi connectivity index (χ1n) is 10.1. The summed E-state index contributed by atoms with van der Waals surface area (Å²) < 4.78 is 8.28. The van der Waals surface area contributed by atoms with Crippen molar-refractivity contribution in [2.75, 3.05) is 0 Å². The van der Waals surface area contributed by atoms with E-state index in [9.17, 15) is 0 Å². The Morgan fingerprint density at radius 2 is 1.61 bits per heavy atom. The predicted octanol–water partition coefficient (Wildman–Crippen LogP) is 8.60. The van der Waals surface area contributed by atoms with Crippen molar-refractivity contribution in [1.82, 2.24) is 9.97 Å². The summed E-state index contributed by atoms with van der Waals surface area (Å²) in [5.74, 6) is 7.73. The SMILES string of the molecule is CC1(C)Oc2cc(C#Cc3c(Cl)cccc3Cl)ccc2-c2nc(-c3c(Br)cccc3Br)[nH]c21. The highest BCUT2D eigenvalue weighted by Crippen LogP contribution is 2.46. The Labute approximate surface area is 218 Å². The van der Waals surface area contributed by atoms with Gasteiger partial charge in [0.1, 0.15) is 17.2 Å². The third-order valence-corrected chi connectivity index (χ3v) is 7.35. The van der Waals surface area contributed by atoms with Crippen LogP contribution in [0.5, 0.6) is 5.75 Å². The predicted molar refractivity (Wildman–Crippen MR) is 141 cm³/mol. The molecule has 3 aromatic carbocycles. The molecular formula is C26H16Br2Cl2N2O. The van der Waals surface area contributed by atoms with E-state index in [-0.39, 0.29) is 0 Å². The first kappa shape index (κ1) is 22.6. The smallest absolute Gasteiger partial charge is 0.145 e. The lowest BCUT2D eigenvalue weighted by Gasteiger charge is -2.31. The van der Waals surface area contributed by atoms with Crippen LogP contribution in [0.1, 0.15) is 30.7 Å². The van der Waals surface area contributed by atoms with Crippen molar-refractivity contribution in [3.8, 4) is 40.2 Å². The zero-order valence-electron chi connectivity index (χ0n) is 17.6. The molecule has 2 heterocycles. The standard InChI is InChI=1S/C26H16Br2Cl2N2O/c1-26(2)24-23(31-25(32-24)22-17(27)5-3-6-18(22)28)16-12-10-14(13-21(16)33-26)9-11-15-19(29)7-4-8-20(15)30/h3-8,10,12-13H,1-2H3,(H,31,32). The maximum atomic E-state index is 6.38. The van der Waals surface area contributed by atoms with Crippen molar-refractivity contribution in [2.45, 2.75) is 19.4 Å². The number of aromatic nitrogens is 2. The third kappa shape index (κ3) is 4.11. The second kappa shape index (κ2) is 8.52. The second-order valence-corrected chi connectivity index (χ2v) is 10.6. The van der Waals surface area contributed by atoms with Crippen LogP contribution in [0.3, 0.4) is 0 Å². The Balaban J connectivity index is 1.59. The fraction of sp³-hybridized carbons (Fsp3) is 0.115. The minimum Gasteiger partial charge on any atom is -0.481 e. The van der Waals surface area contributed by atoms with Crippen LogP contribution in [0.25, 0.3) is 22.6 Å². The molecule has 33 heavy (non-hydrogen) atoms. The molecule has 0 radical (unpaired) electrons. The number of aromatic amines is 1. The number of benzene rings is 3. The molecule has 5 rings (SSSR count). The quantitative estimate of drug-likeness (QED) is 0.222. The van der Waals surface area contributed by atoms with Crippen LogP contribution in [0, 0.1) is 11.8 Å². The molecule has 0 saturated heterocycles. The van der Waals surface area contributed by atoms with Crippen molar-refractivity contribution in [3.05, 3.63) is 90.4 Å². The van der Waals surface area contributed by atoms with E-state index in [0.717, 1.165) is 48.6 Å². The number of nitrogens with one attached hydrogen (secondary N) is 1. The summed E-state index contributed by atoms with van der Waals surface area (Å²) in [6.07, 6.45) is 0. The van der Waals surface area contributed by atoms with Crippen molar-refractivity contribution >= 4 is 55.1 Å². The number of nitrogens with zero attached hydrogens (tertiary/aromatic N) is 1. The summed E-state index contributed by atoms with van der Waals surface area (Å²) in [7, 11) is 0. The lowest BCUT2D eigenvalue weighted by Crippen LogP contribution is -2.29. The number of fused-ring (bicyclic) bond motifs is 3. The normalized spacial score (nSPS) is 13.4. The van der Waals surface area contributed by atoms with Gasteiger partial charge in [-0.1, -0.05) is 47.2 Å². The summed E-state index contributed by atoms with van der Waals surface area (Å²) in [5, 5.41) is 1.05. The lowest BCUT2D eigenvalue weighted by atomic mass is 9.94. The van der Waals surface area contributed by atoms with Gasteiger partial charge in [-0.15, -0.1) is 0 Å². The number of halogens is 4. The molecule has 7 heteroatoms. The summed E-state index contributed by atoms with van der Waals surface area (Å²) >= 11 is 19.8. The zero-order valence-corrected chi connectivity index (χ0v) is 22.2. The zero-order chi connectivity index (χ0) is 23.3. The van der Waals surface area contributed by atoms with Crippen LogP contribution >= 0.6 is 55.1 Å². The number of ether oxygens (including phenoxy) is 1. The first-order valence-corrected chi connectivity index (χ1v) is 12.4. The summed E-state index contributed by atoms with van der Waals surface area (Å²) in [6.45, 7) is 4.04. The van der Waals surface area contributed by atoms with Gasteiger partial charge >= 0.3 is 0 Å². The van der Waals surface area contributed by atoms with E-state index >= 15 is 0 Å².